The molecule has 1 fully saturated rings. The fourth-order valence-electron chi connectivity index (χ4n) is 6.12. The number of rotatable bonds is 11. The minimum absolute atomic E-state index is 0.0910. The molecule has 2 aromatic rings. The van der Waals surface area contributed by atoms with Crippen LogP contribution >= 0.6 is 0 Å². The number of hydrogen-bond donors (Lipinski definition) is 3. The summed E-state index contributed by atoms with van der Waals surface area (Å²) in [5.74, 6) is -1.08. The molecule has 1 saturated carbocycles. The number of aldehydes is 1. The van der Waals surface area contributed by atoms with E-state index in [9.17, 15) is 24.0 Å². The molecule has 0 unspecified atom stereocenters. The number of aryl methyl sites for hydroxylation is 1. The largest absolute Gasteiger partial charge is 0.492 e. The number of carbonyl (C=O) groups is 5. The molecule has 230 valence electrons. The molecule has 2 aromatic carbocycles. The van der Waals surface area contributed by atoms with E-state index in [2.05, 4.69) is 10.6 Å². The van der Waals surface area contributed by atoms with Crippen molar-refractivity contribution in [3.63, 3.8) is 0 Å². The Balaban J connectivity index is 1.56. The van der Waals surface area contributed by atoms with Crippen LogP contribution < -0.4 is 21.1 Å². The van der Waals surface area contributed by atoms with Crippen LogP contribution in [0.3, 0.4) is 0 Å². The van der Waals surface area contributed by atoms with E-state index in [1.165, 1.54) is 45.4 Å². The molecule has 2 aliphatic carbocycles. The molecule has 0 saturated heterocycles. The van der Waals surface area contributed by atoms with Gasteiger partial charge >= 0.3 is 5.97 Å². The summed E-state index contributed by atoms with van der Waals surface area (Å²) >= 11 is 0. The quantitative estimate of drug-likeness (QED) is 0.203. The van der Waals surface area contributed by atoms with Gasteiger partial charge in [-0.05, 0) is 79.0 Å². The van der Waals surface area contributed by atoms with Gasteiger partial charge in [-0.15, -0.1) is 0 Å². The van der Waals surface area contributed by atoms with Gasteiger partial charge < -0.3 is 25.8 Å². The Morgan fingerprint density at radius 3 is 2.42 bits per heavy atom. The van der Waals surface area contributed by atoms with E-state index in [1.54, 1.807) is 12.1 Å². The van der Waals surface area contributed by atoms with E-state index in [4.69, 9.17) is 15.2 Å². The number of hydrogen-bond acceptors (Lipinski definition) is 7. The smallest absolute Gasteiger partial charge is 0.338 e. The van der Waals surface area contributed by atoms with Crippen molar-refractivity contribution < 1.29 is 33.4 Å². The van der Waals surface area contributed by atoms with E-state index in [0.29, 0.717) is 42.1 Å². The van der Waals surface area contributed by atoms with Crippen LogP contribution in [0.4, 0.5) is 0 Å². The Bertz CT molecular complexity index is 1370. The molecule has 0 aromatic heterocycles. The number of nitrogens with two attached hydrogens (primary N) is 1. The monoisotopic (exact) mass is 591 g/mol. The fourth-order valence-corrected chi connectivity index (χ4v) is 6.12. The molecule has 0 radical (unpaired) electrons. The van der Waals surface area contributed by atoms with Gasteiger partial charge in [0.25, 0.3) is 5.91 Å². The third kappa shape index (κ3) is 8.21. The average Bonchev–Trinajstić information content (AvgIpc) is 3.20. The highest BCUT2D eigenvalue weighted by atomic mass is 16.5. The van der Waals surface area contributed by atoms with Gasteiger partial charge in [-0.2, -0.15) is 0 Å². The Kier molecular flexibility index (Phi) is 10.9. The Morgan fingerprint density at radius 2 is 1.74 bits per heavy atom. The summed E-state index contributed by atoms with van der Waals surface area (Å²) in [4.78, 5) is 61.8. The summed E-state index contributed by atoms with van der Waals surface area (Å²) in [6.07, 6.45) is 9.70. The Hall–Kier alpha value is -4.21. The standard InChI is InChI=1S/C33H41N3O7/c1-20(38)35-29(15-22-12-13-25(33(41)42-2)24(14-22)18-37)32(40)36-28-11-7-6-10-23-16-30(27(31(34)39)17-26(23)28)43-19-21-8-4-3-5-9-21/h12-14,16-18,21,28-29H,3-11,15,19H2,1-2H3,(H2,34,39)(H,35,38)(H,36,40)/t28-,29+/m1/s1. The van der Waals surface area contributed by atoms with Crippen molar-refractivity contribution in [3.05, 3.63) is 63.7 Å². The lowest BCUT2D eigenvalue weighted by Gasteiger charge is -2.26. The molecule has 43 heavy (non-hydrogen) atoms. The van der Waals surface area contributed by atoms with Crippen LogP contribution in [-0.4, -0.2) is 49.7 Å². The molecule has 0 bridgehead atoms. The van der Waals surface area contributed by atoms with Crippen LogP contribution in [0.15, 0.2) is 30.3 Å². The SMILES string of the molecule is COC(=O)c1ccc(C[C@H](NC(C)=O)C(=O)N[C@@H]2CCCCc3cc(OCC4CCCCC4)c(C(N)=O)cc32)cc1C=O. The summed E-state index contributed by atoms with van der Waals surface area (Å²) < 4.78 is 10.9. The van der Waals surface area contributed by atoms with Crippen molar-refractivity contribution in [2.24, 2.45) is 11.7 Å². The molecule has 10 nitrogen and oxygen atoms in total. The number of amides is 3. The molecule has 4 N–H and O–H groups in total. The van der Waals surface area contributed by atoms with Gasteiger partial charge in [-0.1, -0.05) is 31.7 Å². The van der Waals surface area contributed by atoms with Crippen LogP contribution in [0.5, 0.6) is 5.75 Å². The summed E-state index contributed by atoms with van der Waals surface area (Å²) in [7, 11) is 1.23. The topological polar surface area (TPSA) is 154 Å². The Labute approximate surface area is 252 Å². The van der Waals surface area contributed by atoms with Crippen LogP contribution in [0.2, 0.25) is 0 Å². The Morgan fingerprint density at radius 1 is 1.00 bits per heavy atom. The predicted octanol–water partition coefficient (Wildman–Crippen LogP) is 3.97. The zero-order chi connectivity index (χ0) is 30.9. The molecular weight excluding hydrogens is 550 g/mol. The van der Waals surface area contributed by atoms with Crippen LogP contribution in [0, 0.1) is 5.92 Å². The van der Waals surface area contributed by atoms with Gasteiger partial charge in [0.1, 0.15) is 11.8 Å². The molecule has 4 rings (SSSR count). The van der Waals surface area contributed by atoms with E-state index >= 15 is 0 Å². The highest BCUT2D eigenvalue weighted by Crippen LogP contribution is 2.35. The number of methoxy groups -OCH3 is 1. The third-order valence-corrected chi connectivity index (χ3v) is 8.37. The lowest BCUT2D eigenvalue weighted by Crippen LogP contribution is -2.48. The first-order valence-electron chi connectivity index (χ1n) is 15.0. The third-order valence-electron chi connectivity index (χ3n) is 8.37. The van der Waals surface area contributed by atoms with Crippen LogP contribution in [-0.2, 0) is 27.2 Å². The zero-order valence-electron chi connectivity index (χ0n) is 24.9. The van der Waals surface area contributed by atoms with Crippen molar-refractivity contribution in [3.8, 4) is 5.75 Å². The molecule has 2 atom stereocenters. The molecule has 0 aliphatic heterocycles. The number of esters is 1. The predicted molar refractivity (Wildman–Crippen MR) is 160 cm³/mol. The molecule has 0 spiro atoms. The van der Waals surface area contributed by atoms with Gasteiger partial charge in [0.05, 0.1) is 30.9 Å². The van der Waals surface area contributed by atoms with Crippen molar-refractivity contribution >= 4 is 30.0 Å². The minimum atomic E-state index is -0.943. The van der Waals surface area contributed by atoms with E-state index in [0.717, 1.165) is 43.2 Å². The van der Waals surface area contributed by atoms with Crippen molar-refractivity contribution in [2.75, 3.05) is 13.7 Å². The highest BCUT2D eigenvalue weighted by molar-refractivity contribution is 5.98. The molecule has 3 amide bonds. The summed E-state index contributed by atoms with van der Waals surface area (Å²) in [6, 6.07) is 6.90. The second kappa shape index (κ2) is 14.8. The number of carbonyl (C=O) groups excluding carboxylic acids is 5. The van der Waals surface area contributed by atoms with E-state index in [1.807, 2.05) is 6.07 Å². The number of fused-ring (bicyclic) bond motifs is 1. The van der Waals surface area contributed by atoms with Crippen molar-refractivity contribution in [2.45, 2.75) is 83.2 Å². The van der Waals surface area contributed by atoms with Gasteiger partial charge in [0, 0.05) is 18.9 Å². The first-order valence-corrected chi connectivity index (χ1v) is 15.0. The maximum Gasteiger partial charge on any atom is 0.338 e. The van der Waals surface area contributed by atoms with Crippen molar-refractivity contribution in [1.82, 2.24) is 10.6 Å². The number of primary amides is 1. The average molecular weight is 592 g/mol. The maximum atomic E-state index is 13.6. The number of nitrogens with one attached hydrogen (secondary N) is 2. The summed E-state index contributed by atoms with van der Waals surface area (Å²) in [5.41, 5.74) is 8.72. The van der Waals surface area contributed by atoms with E-state index < -0.39 is 29.9 Å². The fraction of sp³-hybridized carbons (Fsp3) is 0.485. The second-order valence-electron chi connectivity index (χ2n) is 11.5. The van der Waals surface area contributed by atoms with Gasteiger partial charge in [0.15, 0.2) is 6.29 Å². The number of ether oxygens (including phenoxy) is 2. The molecule has 0 heterocycles. The number of benzene rings is 2. The first-order chi connectivity index (χ1) is 20.7. The summed E-state index contributed by atoms with van der Waals surface area (Å²) in [5, 5.41) is 5.79. The molecule has 2 aliphatic rings. The lowest BCUT2D eigenvalue weighted by molar-refractivity contribution is -0.128. The van der Waals surface area contributed by atoms with Gasteiger partial charge in [-0.3, -0.25) is 19.2 Å². The molecular formula is C33H41N3O7. The van der Waals surface area contributed by atoms with Gasteiger partial charge in [-0.25, -0.2) is 4.79 Å². The van der Waals surface area contributed by atoms with E-state index in [-0.39, 0.29) is 23.5 Å². The minimum Gasteiger partial charge on any atom is -0.492 e. The normalized spacial score (nSPS) is 17.5. The van der Waals surface area contributed by atoms with Crippen LogP contribution in [0.25, 0.3) is 0 Å². The zero-order valence-corrected chi connectivity index (χ0v) is 24.9. The second-order valence-corrected chi connectivity index (χ2v) is 11.5. The van der Waals surface area contributed by atoms with Gasteiger partial charge in [0.2, 0.25) is 11.8 Å². The van der Waals surface area contributed by atoms with Crippen LogP contribution in [0.1, 0.15) is 112 Å². The summed E-state index contributed by atoms with van der Waals surface area (Å²) in [6.45, 7) is 1.87. The maximum absolute atomic E-state index is 13.6. The molecule has 10 heteroatoms. The highest BCUT2D eigenvalue weighted by Gasteiger charge is 2.28. The van der Waals surface area contributed by atoms with Crippen molar-refractivity contribution in [1.29, 1.82) is 0 Å². The lowest BCUT2D eigenvalue weighted by atomic mass is 9.90. The first kappa shape index (κ1) is 31.7.